The number of anilines is 1. The summed E-state index contributed by atoms with van der Waals surface area (Å²) in [5, 5.41) is 3.01. The van der Waals surface area contributed by atoms with Gasteiger partial charge in [0.25, 0.3) is 0 Å². The molecule has 1 aliphatic rings. The highest BCUT2D eigenvalue weighted by molar-refractivity contribution is 9.10. The van der Waals surface area contributed by atoms with Crippen LogP contribution in [0.15, 0.2) is 16.9 Å². The molecule has 0 saturated heterocycles. The summed E-state index contributed by atoms with van der Waals surface area (Å²) in [7, 11) is 0. The molecule has 0 radical (unpaired) electrons. The van der Waals surface area contributed by atoms with Crippen molar-refractivity contribution in [2.45, 2.75) is 51.9 Å². The second-order valence-corrected chi connectivity index (χ2v) is 6.11. The average molecular weight is 325 g/mol. The van der Waals surface area contributed by atoms with Crippen molar-refractivity contribution in [3.05, 3.63) is 22.4 Å². The van der Waals surface area contributed by atoms with Gasteiger partial charge in [-0.05, 0) is 47.3 Å². The van der Waals surface area contributed by atoms with Crippen LogP contribution in [0.4, 0.5) is 5.69 Å². The summed E-state index contributed by atoms with van der Waals surface area (Å²) in [4.78, 5) is 16.5. The SMILES string of the molecule is Cc1cc(NC(=O)C2CCCCCCC2)cnc1Br. The van der Waals surface area contributed by atoms with Gasteiger partial charge in [0.15, 0.2) is 0 Å². The zero-order valence-electron chi connectivity index (χ0n) is 11.4. The Kier molecular flexibility index (Phi) is 5.37. The van der Waals surface area contributed by atoms with E-state index in [-0.39, 0.29) is 11.8 Å². The molecule has 0 aliphatic heterocycles. The van der Waals surface area contributed by atoms with Crippen molar-refractivity contribution in [1.82, 2.24) is 4.98 Å². The van der Waals surface area contributed by atoms with E-state index in [0.29, 0.717) is 0 Å². The average Bonchev–Trinajstić information content (AvgIpc) is 2.33. The van der Waals surface area contributed by atoms with Crippen LogP contribution in [0.1, 0.15) is 50.5 Å². The summed E-state index contributed by atoms with van der Waals surface area (Å²) >= 11 is 3.37. The monoisotopic (exact) mass is 324 g/mol. The van der Waals surface area contributed by atoms with E-state index in [4.69, 9.17) is 0 Å². The highest BCUT2D eigenvalue weighted by atomic mass is 79.9. The molecule has 19 heavy (non-hydrogen) atoms. The molecule has 0 aromatic carbocycles. The fourth-order valence-electron chi connectivity index (χ4n) is 2.59. The van der Waals surface area contributed by atoms with Crippen molar-refractivity contribution >= 4 is 27.5 Å². The van der Waals surface area contributed by atoms with E-state index in [1.54, 1.807) is 6.20 Å². The summed E-state index contributed by atoms with van der Waals surface area (Å²) in [6, 6.07) is 1.96. The van der Waals surface area contributed by atoms with Crippen molar-refractivity contribution in [3.8, 4) is 0 Å². The van der Waals surface area contributed by atoms with Crippen LogP contribution >= 0.6 is 15.9 Å². The van der Waals surface area contributed by atoms with Crippen LogP contribution < -0.4 is 5.32 Å². The lowest BCUT2D eigenvalue weighted by Crippen LogP contribution is -2.23. The Bertz CT molecular complexity index is 440. The second-order valence-electron chi connectivity index (χ2n) is 5.36. The molecular weight excluding hydrogens is 304 g/mol. The molecule has 0 bridgehead atoms. The van der Waals surface area contributed by atoms with Crippen LogP contribution in [-0.2, 0) is 4.79 Å². The van der Waals surface area contributed by atoms with Gasteiger partial charge in [0.2, 0.25) is 5.91 Å². The molecule has 0 spiro atoms. The minimum Gasteiger partial charge on any atom is -0.324 e. The number of carbonyl (C=O) groups excluding carboxylic acids is 1. The topological polar surface area (TPSA) is 42.0 Å². The predicted molar refractivity (Wildman–Crippen MR) is 81.1 cm³/mol. The summed E-state index contributed by atoms with van der Waals surface area (Å²) in [6.07, 6.45) is 9.96. The van der Waals surface area contributed by atoms with E-state index in [0.717, 1.165) is 28.7 Å². The van der Waals surface area contributed by atoms with Gasteiger partial charge in [0.1, 0.15) is 4.60 Å². The molecule has 1 aromatic heterocycles. The normalized spacial score (nSPS) is 17.6. The van der Waals surface area contributed by atoms with E-state index in [1.807, 2.05) is 13.0 Å². The number of carbonyl (C=O) groups is 1. The highest BCUT2D eigenvalue weighted by Crippen LogP contribution is 2.24. The smallest absolute Gasteiger partial charge is 0.227 e. The van der Waals surface area contributed by atoms with Crippen LogP contribution in [0.3, 0.4) is 0 Å². The fraction of sp³-hybridized carbons (Fsp3) is 0.600. The maximum atomic E-state index is 12.3. The third-order valence-electron chi connectivity index (χ3n) is 3.76. The number of nitrogens with zero attached hydrogens (tertiary/aromatic N) is 1. The standard InChI is InChI=1S/C15H21BrN2O/c1-11-9-13(10-17-14(11)16)18-15(19)12-7-5-3-2-4-6-8-12/h9-10,12H,2-8H2,1H3,(H,18,19). The van der Waals surface area contributed by atoms with E-state index in [2.05, 4.69) is 26.2 Å². The first-order valence-corrected chi connectivity index (χ1v) is 7.89. The lowest BCUT2D eigenvalue weighted by molar-refractivity contribution is -0.120. The van der Waals surface area contributed by atoms with Crippen LogP contribution in [0, 0.1) is 12.8 Å². The number of hydrogen-bond acceptors (Lipinski definition) is 2. The Morgan fingerprint density at radius 1 is 1.26 bits per heavy atom. The minimum atomic E-state index is 0.158. The van der Waals surface area contributed by atoms with Gasteiger partial charge in [0.05, 0.1) is 11.9 Å². The van der Waals surface area contributed by atoms with Crippen LogP contribution in [-0.4, -0.2) is 10.9 Å². The number of amides is 1. The van der Waals surface area contributed by atoms with Gasteiger partial charge in [-0.25, -0.2) is 4.98 Å². The maximum absolute atomic E-state index is 12.3. The maximum Gasteiger partial charge on any atom is 0.227 e. The first kappa shape index (κ1) is 14.5. The van der Waals surface area contributed by atoms with E-state index < -0.39 is 0 Å². The first-order chi connectivity index (χ1) is 9.16. The lowest BCUT2D eigenvalue weighted by Gasteiger charge is -2.19. The summed E-state index contributed by atoms with van der Waals surface area (Å²) in [5.41, 5.74) is 1.84. The quantitative estimate of drug-likeness (QED) is 0.816. The summed E-state index contributed by atoms with van der Waals surface area (Å²) < 4.78 is 0.830. The van der Waals surface area contributed by atoms with Gasteiger partial charge in [-0.2, -0.15) is 0 Å². The van der Waals surface area contributed by atoms with Gasteiger partial charge in [-0.3, -0.25) is 4.79 Å². The van der Waals surface area contributed by atoms with Crippen LogP contribution in [0.5, 0.6) is 0 Å². The minimum absolute atomic E-state index is 0.158. The van der Waals surface area contributed by atoms with Crippen molar-refractivity contribution in [1.29, 1.82) is 0 Å². The molecule has 3 nitrogen and oxygen atoms in total. The molecule has 1 aromatic rings. The molecule has 1 N–H and O–H groups in total. The van der Waals surface area contributed by atoms with Gasteiger partial charge < -0.3 is 5.32 Å². The molecule has 0 atom stereocenters. The number of nitrogens with one attached hydrogen (secondary N) is 1. The zero-order valence-corrected chi connectivity index (χ0v) is 13.0. The van der Waals surface area contributed by atoms with Gasteiger partial charge in [-0.15, -0.1) is 0 Å². The Morgan fingerprint density at radius 2 is 1.89 bits per heavy atom. The predicted octanol–water partition coefficient (Wildman–Crippen LogP) is 4.45. The Labute approximate surface area is 123 Å². The summed E-state index contributed by atoms with van der Waals surface area (Å²) in [6.45, 7) is 1.97. The van der Waals surface area contributed by atoms with Gasteiger partial charge >= 0.3 is 0 Å². The number of rotatable bonds is 2. The van der Waals surface area contributed by atoms with Crippen molar-refractivity contribution < 1.29 is 4.79 Å². The Balaban J connectivity index is 1.96. The van der Waals surface area contributed by atoms with Gasteiger partial charge in [0, 0.05) is 5.92 Å². The molecule has 4 heteroatoms. The molecule has 1 fully saturated rings. The summed E-state index contributed by atoms with van der Waals surface area (Å²) in [5.74, 6) is 0.328. The number of aromatic nitrogens is 1. The van der Waals surface area contributed by atoms with E-state index in [1.165, 1.54) is 32.1 Å². The number of aryl methyl sites for hydroxylation is 1. The van der Waals surface area contributed by atoms with Crippen molar-refractivity contribution in [3.63, 3.8) is 0 Å². The molecular formula is C15H21BrN2O. The molecule has 1 heterocycles. The van der Waals surface area contributed by atoms with Crippen LogP contribution in [0.2, 0.25) is 0 Å². The second kappa shape index (κ2) is 7.04. The van der Waals surface area contributed by atoms with Crippen molar-refractivity contribution in [2.75, 3.05) is 5.32 Å². The molecule has 1 saturated carbocycles. The third kappa shape index (κ3) is 4.30. The molecule has 2 rings (SSSR count). The molecule has 1 amide bonds. The molecule has 104 valence electrons. The number of halogens is 1. The first-order valence-electron chi connectivity index (χ1n) is 7.10. The Morgan fingerprint density at radius 3 is 2.53 bits per heavy atom. The molecule has 1 aliphatic carbocycles. The largest absolute Gasteiger partial charge is 0.324 e. The van der Waals surface area contributed by atoms with Crippen molar-refractivity contribution in [2.24, 2.45) is 5.92 Å². The molecule has 0 unspecified atom stereocenters. The highest BCUT2D eigenvalue weighted by Gasteiger charge is 2.19. The third-order valence-corrected chi connectivity index (χ3v) is 4.59. The van der Waals surface area contributed by atoms with E-state index in [9.17, 15) is 4.79 Å². The number of hydrogen-bond donors (Lipinski definition) is 1. The van der Waals surface area contributed by atoms with Gasteiger partial charge in [-0.1, -0.05) is 32.1 Å². The zero-order chi connectivity index (χ0) is 13.7. The van der Waals surface area contributed by atoms with Crippen LogP contribution in [0.25, 0.3) is 0 Å². The fourth-order valence-corrected chi connectivity index (χ4v) is 2.81. The Hall–Kier alpha value is -0.900. The number of pyridine rings is 1. The lowest BCUT2D eigenvalue weighted by atomic mass is 9.90. The van der Waals surface area contributed by atoms with E-state index >= 15 is 0 Å².